The van der Waals surface area contributed by atoms with Crippen molar-refractivity contribution < 1.29 is 14.3 Å². The van der Waals surface area contributed by atoms with Crippen molar-refractivity contribution in [1.29, 1.82) is 0 Å². The summed E-state index contributed by atoms with van der Waals surface area (Å²) in [6.07, 6.45) is 2.82. The minimum Gasteiger partial charge on any atom is -0.467 e. The number of rotatable bonds is 5. The molecule has 1 aromatic carbocycles. The molecule has 0 bridgehead atoms. The molecule has 1 aromatic heterocycles. The third-order valence-electron chi connectivity index (χ3n) is 4.86. The van der Waals surface area contributed by atoms with Crippen molar-refractivity contribution in [3.63, 3.8) is 0 Å². The van der Waals surface area contributed by atoms with E-state index in [1.807, 2.05) is 26.0 Å². The lowest BCUT2D eigenvalue weighted by Crippen LogP contribution is -2.51. The summed E-state index contributed by atoms with van der Waals surface area (Å²) in [5, 5.41) is 3.48. The van der Waals surface area contributed by atoms with E-state index in [1.54, 1.807) is 23.4 Å². The summed E-state index contributed by atoms with van der Waals surface area (Å²) < 4.78 is 4.87. The van der Waals surface area contributed by atoms with E-state index in [9.17, 15) is 9.59 Å². The van der Waals surface area contributed by atoms with Crippen molar-refractivity contribution in [3.05, 3.63) is 52.6 Å². The molecule has 2 aromatic rings. The van der Waals surface area contributed by atoms with Gasteiger partial charge in [0.05, 0.1) is 19.1 Å². The number of urea groups is 1. The molecule has 0 aliphatic carbocycles. The molecule has 0 radical (unpaired) electrons. The number of hydrogen-bond acceptors (Lipinski definition) is 4. The van der Waals surface area contributed by atoms with Gasteiger partial charge < -0.3 is 19.9 Å². The highest BCUT2D eigenvalue weighted by Crippen LogP contribution is 2.34. The molecule has 7 nitrogen and oxygen atoms in total. The Balaban J connectivity index is 1.89. The van der Waals surface area contributed by atoms with Crippen LogP contribution in [0.5, 0.6) is 0 Å². The lowest BCUT2D eigenvalue weighted by molar-refractivity contribution is -0.143. The zero-order chi connectivity index (χ0) is 20.3. The minimum absolute atomic E-state index is 0.232. The summed E-state index contributed by atoms with van der Waals surface area (Å²) in [6.45, 7) is 4.49. The molecule has 0 saturated carbocycles. The molecule has 3 rings (SSSR count). The van der Waals surface area contributed by atoms with Crippen LogP contribution in [0.1, 0.15) is 43.3 Å². The molecule has 0 spiro atoms. The van der Waals surface area contributed by atoms with E-state index in [1.165, 1.54) is 7.11 Å². The van der Waals surface area contributed by atoms with Gasteiger partial charge in [0, 0.05) is 23.7 Å². The van der Waals surface area contributed by atoms with Gasteiger partial charge in [-0.3, -0.25) is 0 Å². The smallest absolute Gasteiger partial charge is 0.328 e. The molecule has 150 valence electrons. The average molecular weight is 405 g/mol. The van der Waals surface area contributed by atoms with Crippen LogP contribution in [0.15, 0.2) is 30.6 Å². The number of methoxy groups -OCH3 is 1. The second-order valence-corrected chi connectivity index (χ2v) is 7.76. The summed E-state index contributed by atoms with van der Waals surface area (Å²) in [5.74, 6) is -0.210. The lowest BCUT2D eigenvalue weighted by atomic mass is 9.96. The maximum Gasteiger partial charge on any atom is 0.328 e. The zero-order valence-electron chi connectivity index (χ0n) is 16.2. The maximum absolute atomic E-state index is 13.1. The first-order valence-electron chi connectivity index (χ1n) is 9.33. The molecule has 1 aliphatic rings. The highest BCUT2D eigenvalue weighted by atomic mass is 35.5. The predicted octanol–water partition coefficient (Wildman–Crippen LogP) is 3.31. The largest absolute Gasteiger partial charge is 0.467 e. The van der Waals surface area contributed by atoms with E-state index >= 15 is 0 Å². The number of nitrogens with zero attached hydrogens (tertiary/aromatic N) is 2. The Morgan fingerprint density at radius 2 is 2.07 bits per heavy atom. The number of imidazole rings is 1. The Morgan fingerprint density at radius 1 is 1.36 bits per heavy atom. The molecule has 0 saturated heterocycles. The molecule has 2 heterocycles. The normalized spacial score (nSPS) is 17.2. The fraction of sp³-hybridized carbons (Fsp3) is 0.450. The van der Waals surface area contributed by atoms with Crippen molar-refractivity contribution >= 4 is 23.6 Å². The van der Waals surface area contributed by atoms with Gasteiger partial charge in [-0.25, -0.2) is 14.6 Å². The lowest BCUT2D eigenvalue weighted by Gasteiger charge is -2.36. The SMILES string of the molecule is COC(=O)[C@H](CC(C)C)NC(=O)N1CCc2[nH]cnc2C1c1ccc(Cl)cc1. The third-order valence-corrected chi connectivity index (χ3v) is 5.11. The van der Waals surface area contributed by atoms with Crippen molar-refractivity contribution in [2.45, 2.75) is 38.8 Å². The second-order valence-electron chi connectivity index (χ2n) is 7.32. The van der Waals surface area contributed by atoms with Crippen molar-refractivity contribution in [3.8, 4) is 0 Å². The molecular weight excluding hydrogens is 380 g/mol. The Hall–Kier alpha value is -2.54. The van der Waals surface area contributed by atoms with Gasteiger partial charge in [-0.1, -0.05) is 37.6 Å². The van der Waals surface area contributed by atoms with Crippen LogP contribution in [-0.2, 0) is 16.0 Å². The number of fused-ring (bicyclic) bond motifs is 1. The van der Waals surface area contributed by atoms with Gasteiger partial charge in [-0.05, 0) is 30.0 Å². The van der Waals surface area contributed by atoms with E-state index in [-0.39, 0.29) is 18.0 Å². The predicted molar refractivity (Wildman–Crippen MR) is 106 cm³/mol. The number of hydrogen-bond donors (Lipinski definition) is 2. The van der Waals surface area contributed by atoms with E-state index in [0.717, 1.165) is 17.0 Å². The number of carbonyl (C=O) groups is 2. The third kappa shape index (κ3) is 4.30. The molecule has 2 atom stereocenters. The number of benzene rings is 1. The quantitative estimate of drug-likeness (QED) is 0.748. The summed E-state index contributed by atoms with van der Waals surface area (Å²) in [7, 11) is 1.33. The number of carbonyl (C=O) groups excluding carboxylic acids is 2. The second kappa shape index (κ2) is 8.65. The van der Waals surface area contributed by atoms with Crippen LogP contribution in [0.3, 0.4) is 0 Å². The molecule has 8 heteroatoms. The van der Waals surface area contributed by atoms with Crippen LogP contribution in [0.4, 0.5) is 4.79 Å². The fourth-order valence-electron chi connectivity index (χ4n) is 3.54. The number of ether oxygens (including phenoxy) is 1. The molecular formula is C20H25ClN4O3. The molecule has 2 amide bonds. The Morgan fingerprint density at radius 3 is 2.71 bits per heavy atom. The monoisotopic (exact) mass is 404 g/mol. The van der Waals surface area contributed by atoms with Crippen molar-refractivity contribution in [2.24, 2.45) is 5.92 Å². The number of nitrogens with one attached hydrogen (secondary N) is 2. The topological polar surface area (TPSA) is 87.3 Å². The highest BCUT2D eigenvalue weighted by molar-refractivity contribution is 6.30. The van der Waals surface area contributed by atoms with Crippen molar-refractivity contribution in [1.82, 2.24) is 20.2 Å². The van der Waals surface area contributed by atoms with Gasteiger partial charge in [-0.2, -0.15) is 0 Å². The van der Waals surface area contributed by atoms with Crippen LogP contribution in [0.25, 0.3) is 0 Å². The maximum atomic E-state index is 13.1. The zero-order valence-corrected chi connectivity index (χ0v) is 17.0. The minimum atomic E-state index is -0.691. The summed E-state index contributed by atoms with van der Waals surface area (Å²) >= 11 is 6.03. The Bertz CT molecular complexity index is 834. The van der Waals surface area contributed by atoms with Gasteiger partial charge in [-0.15, -0.1) is 0 Å². The average Bonchev–Trinajstić information content (AvgIpc) is 3.15. The van der Waals surface area contributed by atoms with Gasteiger partial charge in [0.1, 0.15) is 12.1 Å². The summed E-state index contributed by atoms with van der Waals surface area (Å²) in [4.78, 5) is 34.6. The molecule has 2 N–H and O–H groups in total. The van der Waals surface area contributed by atoms with E-state index in [2.05, 4.69) is 15.3 Å². The first kappa shape index (κ1) is 20.2. The number of aromatic amines is 1. The molecule has 1 unspecified atom stereocenters. The van der Waals surface area contributed by atoms with Crippen LogP contribution in [-0.4, -0.2) is 46.6 Å². The standard InChI is InChI=1S/C20H25ClN4O3/c1-12(2)10-16(19(26)28-3)24-20(27)25-9-8-15-17(23-11-22-15)18(25)13-4-6-14(21)7-5-13/h4-7,11-12,16,18H,8-10H2,1-3H3,(H,22,23)(H,24,27)/t16-,18?/m0/s1. The van der Waals surface area contributed by atoms with E-state index in [0.29, 0.717) is 24.4 Å². The Kier molecular flexibility index (Phi) is 6.24. The molecule has 0 fully saturated rings. The fourth-order valence-corrected chi connectivity index (χ4v) is 3.66. The number of halogens is 1. The first-order chi connectivity index (χ1) is 13.4. The van der Waals surface area contributed by atoms with E-state index < -0.39 is 12.0 Å². The molecule has 1 aliphatic heterocycles. The summed E-state index contributed by atoms with van der Waals surface area (Å²) in [5.41, 5.74) is 2.73. The number of H-pyrrole nitrogens is 1. The van der Waals surface area contributed by atoms with Crippen LogP contribution in [0.2, 0.25) is 5.02 Å². The van der Waals surface area contributed by atoms with E-state index in [4.69, 9.17) is 16.3 Å². The highest BCUT2D eigenvalue weighted by Gasteiger charge is 2.35. The first-order valence-corrected chi connectivity index (χ1v) is 9.71. The van der Waals surface area contributed by atoms with Gasteiger partial charge in [0.15, 0.2) is 0 Å². The summed E-state index contributed by atoms with van der Waals surface area (Å²) in [6, 6.07) is 6.01. The number of esters is 1. The number of amides is 2. The van der Waals surface area contributed by atoms with Gasteiger partial charge in [0.2, 0.25) is 0 Å². The van der Waals surface area contributed by atoms with Crippen LogP contribution in [0, 0.1) is 5.92 Å². The van der Waals surface area contributed by atoms with Gasteiger partial charge in [0.25, 0.3) is 0 Å². The van der Waals surface area contributed by atoms with Crippen molar-refractivity contribution in [2.75, 3.05) is 13.7 Å². The number of aromatic nitrogens is 2. The van der Waals surface area contributed by atoms with Crippen LogP contribution < -0.4 is 5.32 Å². The van der Waals surface area contributed by atoms with Crippen LogP contribution >= 0.6 is 11.6 Å². The van der Waals surface area contributed by atoms with Gasteiger partial charge >= 0.3 is 12.0 Å². The Labute approximate surface area is 169 Å². The molecule has 28 heavy (non-hydrogen) atoms.